The Balaban J connectivity index is 2.13. The molecule has 20 heavy (non-hydrogen) atoms. The first-order valence-electron chi connectivity index (χ1n) is 6.55. The summed E-state index contributed by atoms with van der Waals surface area (Å²) in [6.45, 7) is 2.01. The molecule has 2 heterocycles. The zero-order chi connectivity index (χ0) is 14.5. The van der Waals surface area contributed by atoms with Crippen LogP contribution >= 0.6 is 0 Å². The fourth-order valence-electron chi connectivity index (χ4n) is 1.88. The van der Waals surface area contributed by atoms with Crippen molar-refractivity contribution in [3.8, 4) is 0 Å². The molecular weight excluding hydrogens is 254 g/mol. The molecule has 0 bridgehead atoms. The topological polar surface area (TPSA) is 73.9 Å². The first-order chi connectivity index (χ1) is 9.61. The first kappa shape index (κ1) is 14.0. The number of hydrogen-bond donors (Lipinski definition) is 2. The maximum Gasteiger partial charge on any atom is 0.252 e. The summed E-state index contributed by atoms with van der Waals surface area (Å²) in [6, 6.07) is 3.36. The van der Waals surface area contributed by atoms with Crippen LogP contribution < -0.4 is 10.2 Å². The number of rotatable bonds is 5. The van der Waals surface area contributed by atoms with Crippen molar-refractivity contribution in [3.05, 3.63) is 42.1 Å². The molecule has 0 aliphatic rings. The van der Waals surface area contributed by atoms with Crippen molar-refractivity contribution >= 4 is 11.7 Å². The average Bonchev–Trinajstić information content (AvgIpc) is 2.98. The van der Waals surface area contributed by atoms with Crippen molar-refractivity contribution in [2.45, 2.75) is 19.4 Å². The number of carbonyl (C=O) groups excluding carboxylic acids is 1. The second kappa shape index (κ2) is 6.18. The first-order valence-corrected chi connectivity index (χ1v) is 6.55. The number of hydrogen-bond acceptors (Lipinski definition) is 4. The number of pyridine rings is 1. The molecule has 106 valence electrons. The van der Waals surface area contributed by atoms with Crippen LogP contribution in [0, 0.1) is 0 Å². The highest BCUT2D eigenvalue weighted by molar-refractivity contribution is 5.95. The molecule has 2 aromatic heterocycles. The van der Waals surface area contributed by atoms with E-state index in [-0.39, 0.29) is 11.9 Å². The summed E-state index contributed by atoms with van der Waals surface area (Å²) in [6.07, 6.45) is 5.84. The van der Waals surface area contributed by atoms with Gasteiger partial charge >= 0.3 is 0 Å². The fourth-order valence-corrected chi connectivity index (χ4v) is 1.88. The van der Waals surface area contributed by atoms with E-state index < -0.39 is 0 Å². The summed E-state index contributed by atoms with van der Waals surface area (Å²) in [4.78, 5) is 25.6. The largest absolute Gasteiger partial charge is 0.363 e. The predicted molar refractivity (Wildman–Crippen MR) is 77.6 cm³/mol. The lowest BCUT2D eigenvalue weighted by Gasteiger charge is -2.16. The third-order valence-electron chi connectivity index (χ3n) is 3.03. The van der Waals surface area contributed by atoms with Crippen LogP contribution in [-0.2, 0) is 0 Å². The molecule has 6 nitrogen and oxygen atoms in total. The van der Waals surface area contributed by atoms with Crippen LogP contribution in [0.15, 0.2) is 30.7 Å². The van der Waals surface area contributed by atoms with Gasteiger partial charge in [0.05, 0.1) is 6.04 Å². The summed E-state index contributed by atoms with van der Waals surface area (Å²) in [5.41, 5.74) is 0.591. The molecule has 1 unspecified atom stereocenters. The molecule has 1 atom stereocenters. The van der Waals surface area contributed by atoms with Gasteiger partial charge in [0.2, 0.25) is 0 Å². The van der Waals surface area contributed by atoms with Gasteiger partial charge in [-0.1, -0.05) is 6.92 Å². The molecule has 6 heteroatoms. The third kappa shape index (κ3) is 3.14. The highest BCUT2D eigenvalue weighted by atomic mass is 16.1. The van der Waals surface area contributed by atoms with E-state index in [9.17, 15) is 4.79 Å². The van der Waals surface area contributed by atoms with E-state index in [1.165, 1.54) is 0 Å². The number of nitrogens with one attached hydrogen (secondary N) is 2. The lowest BCUT2D eigenvalue weighted by atomic mass is 10.2. The Labute approximate surface area is 118 Å². The highest BCUT2D eigenvalue weighted by Crippen LogP contribution is 2.14. The van der Waals surface area contributed by atoms with Crippen molar-refractivity contribution in [2.24, 2.45) is 0 Å². The third-order valence-corrected chi connectivity index (χ3v) is 3.03. The van der Waals surface area contributed by atoms with Crippen molar-refractivity contribution in [1.29, 1.82) is 0 Å². The molecule has 0 radical (unpaired) electrons. The summed E-state index contributed by atoms with van der Waals surface area (Å²) in [7, 11) is 3.78. The van der Waals surface area contributed by atoms with Gasteiger partial charge in [0.15, 0.2) is 0 Å². The zero-order valence-corrected chi connectivity index (χ0v) is 11.9. The minimum atomic E-state index is -0.126. The maximum absolute atomic E-state index is 12.3. The van der Waals surface area contributed by atoms with Crippen LogP contribution in [0.25, 0.3) is 0 Å². The SMILES string of the molecule is CCC(NC(=O)c1ccnc(N(C)C)c1)c1ncc[nH]1. The molecule has 0 fully saturated rings. The Hall–Kier alpha value is -2.37. The monoisotopic (exact) mass is 273 g/mol. The summed E-state index contributed by atoms with van der Waals surface area (Å²) in [5, 5.41) is 2.97. The van der Waals surface area contributed by atoms with Gasteiger partial charge in [-0.3, -0.25) is 4.79 Å². The Morgan fingerprint density at radius 1 is 1.40 bits per heavy atom. The Morgan fingerprint density at radius 3 is 2.80 bits per heavy atom. The molecule has 0 saturated heterocycles. The van der Waals surface area contributed by atoms with Crippen molar-refractivity contribution in [1.82, 2.24) is 20.3 Å². The maximum atomic E-state index is 12.3. The van der Waals surface area contributed by atoms with Gasteiger partial charge in [0, 0.05) is 38.2 Å². The molecule has 0 saturated carbocycles. The van der Waals surface area contributed by atoms with Crippen molar-refractivity contribution < 1.29 is 4.79 Å². The summed E-state index contributed by atoms with van der Waals surface area (Å²) >= 11 is 0. The minimum absolute atomic E-state index is 0.117. The average molecular weight is 273 g/mol. The number of anilines is 1. The number of aromatic nitrogens is 3. The van der Waals surface area contributed by atoms with Crippen LogP contribution in [0.1, 0.15) is 35.6 Å². The second-order valence-corrected chi connectivity index (χ2v) is 4.71. The van der Waals surface area contributed by atoms with Crippen LogP contribution in [0.5, 0.6) is 0 Å². The van der Waals surface area contributed by atoms with Gasteiger partial charge in [0.1, 0.15) is 11.6 Å². The minimum Gasteiger partial charge on any atom is -0.363 e. The molecule has 0 aliphatic heterocycles. The zero-order valence-electron chi connectivity index (χ0n) is 11.9. The van der Waals surface area contributed by atoms with E-state index in [2.05, 4.69) is 20.3 Å². The summed E-state index contributed by atoms with van der Waals surface area (Å²) < 4.78 is 0. The van der Waals surface area contributed by atoms with Crippen LogP contribution in [0.2, 0.25) is 0 Å². The molecule has 0 aromatic carbocycles. The van der Waals surface area contributed by atoms with Crippen molar-refractivity contribution in [2.75, 3.05) is 19.0 Å². The van der Waals surface area contributed by atoms with Gasteiger partial charge < -0.3 is 15.2 Å². The second-order valence-electron chi connectivity index (χ2n) is 4.71. The Morgan fingerprint density at radius 2 is 2.20 bits per heavy atom. The quantitative estimate of drug-likeness (QED) is 0.870. The number of aromatic amines is 1. The number of amides is 1. The van der Waals surface area contributed by atoms with Crippen LogP contribution in [-0.4, -0.2) is 35.0 Å². The van der Waals surface area contributed by atoms with Gasteiger partial charge in [-0.2, -0.15) is 0 Å². The molecule has 1 amide bonds. The predicted octanol–water partition coefficient (Wildman–Crippen LogP) is 1.75. The Bertz CT molecular complexity index is 565. The van der Waals surface area contributed by atoms with Gasteiger partial charge in [-0.25, -0.2) is 9.97 Å². The van der Waals surface area contributed by atoms with E-state index in [0.717, 1.165) is 18.1 Å². The lowest BCUT2D eigenvalue weighted by molar-refractivity contribution is 0.0934. The molecule has 0 aliphatic carbocycles. The van der Waals surface area contributed by atoms with Gasteiger partial charge in [-0.15, -0.1) is 0 Å². The van der Waals surface area contributed by atoms with E-state index in [0.29, 0.717) is 5.56 Å². The molecule has 2 N–H and O–H groups in total. The molecular formula is C14H19N5O. The normalized spacial score (nSPS) is 11.9. The molecule has 0 spiro atoms. The van der Waals surface area contributed by atoms with E-state index in [1.807, 2.05) is 25.9 Å². The molecule has 2 aromatic rings. The molecule has 2 rings (SSSR count). The van der Waals surface area contributed by atoms with Crippen molar-refractivity contribution in [3.63, 3.8) is 0 Å². The van der Waals surface area contributed by atoms with Gasteiger partial charge in [-0.05, 0) is 18.6 Å². The number of carbonyl (C=O) groups is 1. The summed E-state index contributed by atoms with van der Waals surface area (Å²) in [5.74, 6) is 1.39. The fraction of sp³-hybridized carbons (Fsp3) is 0.357. The van der Waals surface area contributed by atoms with Crippen LogP contribution in [0.3, 0.4) is 0 Å². The highest BCUT2D eigenvalue weighted by Gasteiger charge is 2.16. The number of imidazole rings is 1. The van der Waals surface area contributed by atoms with E-state index >= 15 is 0 Å². The Kier molecular flexibility index (Phi) is 4.34. The van der Waals surface area contributed by atoms with E-state index in [4.69, 9.17) is 0 Å². The van der Waals surface area contributed by atoms with Crippen LogP contribution in [0.4, 0.5) is 5.82 Å². The number of H-pyrrole nitrogens is 1. The standard InChI is InChI=1S/C14H19N5O/c1-4-11(13-16-7-8-17-13)18-14(20)10-5-6-15-12(9-10)19(2)3/h5-9,11H,4H2,1-3H3,(H,16,17)(H,18,20). The lowest BCUT2D eigenvalue weighted by Crippen LogP contribution is -2.29. The van der Waals surface area contributed by atoms with Gasteiger partial charge in [0.25, 0.3) is 5.91 Å². The smallest absolute Gasteiger partial charge is 0.252 e. The van der Waals surface area contributed by atoms with E-state index in [1.54, 1.807) is 30.7 Å². The number of nitrogens with zero attached hydrogens (tertiary/aromatic N) is 3.